The molecule has 1 fully saturated rings. The topological polar surface area (TPSA) is 46.6 Å². The van der Waals surface area contributed by atoms with Gasteiger partial charge >= 0.3 is 5.97 Å². The zero-order valence-electron chi connectivity index (χ0n) is 9.66. The summed E-state index contributed by atoms with van der Waals surface area (Å²) in [6.07, 6.45) is 1.22. The van der Waals surface area contributed by atoms with Gasteiger partial charge in [0.15, 0.2) is 0 Å². The van der Waals surface area contributed by atoms with Gasteiger partial charge < -0.3 is 4.74 Å². The molecular weight excluding hydrogens is 194 g/mol. The van der Waals surface area contributed by atoms with Gasteiger partial charge in [-0.3, -0.25) is 14.5 Å². The van der Waals surface area contributed by atoms with Crippen molar-refractivity contribution in [2.45, 2.75) is 32.7 Å². The number of likely N-dealkylation sites (tertiary alicyclic amines) is 1. The molecule has 4 heteroatoms. The fourth-order valence-corrected chi connectivity index (χ4v) is 1.88. The van der Waals surface area contributed by atoms with E-state index in [-0.39, 0.29) is 17.9 Å². The van der Waals surface area contributed by atoms with E-state index >= 15 is 0 Å². The molecule has 1 heterocycles. The van der Waals surface area contributed by atoms with E-state index in [9.17, 15) is 9.59 Å². The lowest BCUT2D eigenvalue weighted by Crippen LogP contribution is -2.45. The third-order valence-corrected chi connectivity index (χ3v) is 3.23. The third kappa shape index (κ3) is 3.02. The van der Waals surface area contributed by atoms with Gasteiger partial charge in [-0.15, -0.1) is 0 Å². The monoisotopic (exact) mass is 213 g/mol. The van der Waals surface area contributed by atoms with Gasteiger partial charge in [-0.05, 0) is 6.92 Å². The number of nitrogens with zero attached hydrogens (tertiary/aromatic N) is 1. The lowest BCUT2D eigenvalue weighted by molar-refractivity contribution is -0.147. The van der Waals surface area contributed by atoms with Crippen LogP contribution in [0.25, 0.3) is 0 Å². The lowest BCUT2D eigenvalue weighted by atomic mass is 9.99. The molecule has 1 aliphatic heterocycles. The summed E-state index contributed by atoms with van der Waals surface area (Å²) in [6, 6.07) is 0.144. The van der Waals surface area contributed by atoms with E-state index in [1.54, 1.807) is 0 Å². The highest BCUT2D eigenvalue weighted by Gasteiger charge is 2.28. The van der Waals surface area contributed by atoms with Gasteiger partial charge in [0.1, 0.15) is 5.78 Å². The van der Waals surface area contributed by atoms with Crippen LogP contribution in [0.3, 0.4) is 0 Å². The maximum absolute atomic E-state index is 11.3. The van der Waals surface area contributed by atoms with Gasteiger partial charge in [-0.2, -0.15) is 0 Å². The van der Waals surface area contributed by atoms with Crippen molar-refractivity contribution in [3.05, 3.63) is 0 Å². The second-order valence-corrected chi connectivity index (χ2v) is 4.13. The first kappa shape index (κ1) is 12.2. The molecule has 0 aromatic heterocycles. The molecule has 0 amide bonds. The Kier molecular flexibility index (Phi) is 4.27. The molecule has 0 N–H and O–H groups in total. The molecule has 2 atom stereocenters. The number of ketones is 1. The van der Waals surface area contributed by atoms with Crippen LogP contribution in [-0.4, -0.2) is 42.9 Å². The second kappa shape index (κ2) is 5.26. The molecule has 0 aliphatic carbocycles. The quantitative estimate of drug-likeness (QED) is 0.652. The Labute approximate surface area is 90.6 Å². The summed E-state index contributed by atoms with van der Waals surface area (Å²) in [5.74, 6) is 0.00627. The highest BCUT2D eigenvalue weighted by atomic mass is 16.5. The van der Waals surface area contributed by atoms with Crippen molar-refractivity contribution in [2.24, 2.45) is 5.92 Å². The summed E-state index contributed by atoms with van der Waals surface area (Å²) in [6.45, 7) is 5.41. The standard InChI is InChI=1S/C11H19NO3/c1-8(11(14)15-3)9(2)12-6-4-10(13)5-7-12/h8-9H,4-7H2,1-3H3. The molecular formula is C11H19NO3. The molecule has 15 heavy (non-hydrogen) atoms. The van der Waals surface area contributed by atoms with E-state index in [1.165, 1.54) is 7.11 Å². The largest absolute Gasteiger partial charge is 0.469 e. The Morgan fingerprint density at radius 1 is 1.33 bits per heavy atom. The van der Waals surface area contributed by atoms with Crippen molar-refractivity contribution in [3.8, 4) is 0 Å². The van der Waals surface area contributed by atoms with E-state index in [0.717, 1.165) is 13.1 Å². The first-order valence-corrected chi connectivity index (χ1v) is 5.40. The molecule has 1 rings (SSSR count). The van der Waals surface area contributed by atoms with Crippen LogP contribution in [0.15, 0.2) is 0 Å². The zero-order chi connectivity index (χ0) is 11.4. The molecule has 0 spiro atoms. The molecule has 86 valence electrons. The minimum absolute atomic E-state index is 0.136. The fraction of sp³-hybridized carbons (Fsp3) is 0.818. The van der Waals surface area contributed by atoms with Crippen LogP contribution in [0, 0.1) is 5.92 Å². The summed E-state index contributed by atoms with van der Waals surface area (Å²) >= 11 is 0. The Hall–Kier alpha value is -0.900. The number of carbonyl (C=O) groups excluding carboxylic acids is 2. The van der Waals surface area contributed by atoms with E-state index in [0.29, 0.717) is 18.6 Å². The maximum atomic E-state index is 11.3. The zero-order valence-corrected chi connectivity index (χ0v) is 9.66. The highest BCUT2D eigenvalue weighted by molar-refractivity contribution is 5.79. The molecule has 0 bridgehead atoms. The second-order valence-electron chi connectivity index (χ2n) is 4.13. The minimum Gasteiger partial charge on any atom is -0.469 e. The number of piperidine rings is 1. The number of carbonyl (C=O) groups is 2. The van der Waals surface area contributed by atoms with Crippen LogP contribution in [0.4, 0.5) is 0 Å². The van der Waals surface area contributed by atoms with Crippen LogP contribution in [0.1, 0.15) is 26.7 Å². The fourth-order valence-electron chi connectivity index (χ4n) is 1.88. The smallest absolute Gasteiger partial charge is 0.309 e. The summed E-state index contributed by atoms with van der Waals surface area (Å²) in [5.41, 5.74) is 0. The van der Waals surface area contributed by atoms with E-state index in [1.807, 2.05) is 13.8 Å². The maximum Gasteiger partial charge on any atom is 0.309 e. The molecule has 0 aromatic rings. The van der Waals surface area contributed by atoms with Gasteiger partial charge in [0, 0.05) is 32.0 Å². The molecule has 0 radical (unpaired) electrons. The first-order chi connectivity index (χ1) is 7.06. The van der Waals surface area contributed by atoms with Crippen molar-refractivity contribution >= 4 is 11.8 Å². The molecule has 1 aliphatic rings. The van der Waals surface area contributed by atoms with E-state index in [4.69, 9.17) is 4.74 Å². The summed E-state index contributed by atoms with van der Waals surface area (Å²) < 4.78 is 4.71. The number of esters is 1. The number of hydrogen-bond donors (Lipinski definition) is 0. The Balaban J connectivity index is 2.49. The highest BCUT2D eigenvalue weighted by Crippen LogP contribution is 2.16. The van der Waals surface area contributed by atoms with Gasteiger partial charge in [0.05, 0.1) is 13.0 Å². The molecule has 2 unspecified atom stereocenters. The van der Waals surface area contributed by atoms with E-state index < -0.39 is 0 Å². The summed E-state index contributed by atoms with van der Waals surface area (Å²) in [7, 11) is 1.41. The lowest BCUT2D eigenvalue weighted by Gasteiger charge is -2.34. The van der Waals surface area contributed by atoms with Crippen LogP contribution in [-0.2, 0) is 14.3 Å². The normalized spacial score (nSPS) is 22.2. The van der Waals surface area contributed by atoms with Gasteiger partial charge in [0.25, 0.3) is 0 Å². The number of rotatable bonds is 3. The molecule has 0 aromatic carbocycles. The van der Waals surface area contributed by atoms with Gasteiger partial charge in [-0.25, -0.2) is 0 Å². The molecule has 4 nitrogen and oxygen atoms in total. The SMILES string of the molecule is COC(=O)C(C)C(C)N1CCC(=O)CC1. The number of Topliss-reactive ketones (excluding diaryl/α,β-unsaturated/α-hetero) is 1. The van der Waals surface area contributed by atoms with Crippen LogP contribution >= 0.6 is 0 Å². The van der Waals surface area contributed by atoms with Crippen molar-refractivity contribution in [1.82, 2.24) is 4.90 Å². The van der Waals surface area contributed by atoms with Gasteiger partial charge in [0.2, 0.25) is 0 Å². The third-order valence-electron chi connectivity index (χ3n) is 3.23. The van der Waals surface area contributed by atoms with Crippen LogP contribution in [0.5, 0.6) is 0 Å². The van der Waals surface area contributed by atoms with Crippen LogP contribution in [0.2, 0.25) is 0 Å². The molecule has 0 saturated carbocycles. The van der Waals surface area contributed by atoms with E-state index in [2.05, 4.69) is 4.90 Å². The predicted octanol–water partition coefficient (Wildman–Crippen LogP) is 0.849. The van der Waals surface area contributed by atoms with Crippen molar-refractivity contribution in [3.63, 3.8) is 0 Å². The average molecular weight is 213 g/mol. The van der Waals surface area contributed by atoms with Gasteiger partial charge in [-0.1, -0.05) is 6.92 Å². The van der Waals surface area contributed by atoms with Crippen molar-refractivity contribution in [2.75, 3.05) is 20.2 Å². The first-order valence-electron chi connectivity index (χ1n) is 5.40. The average Bonchev–Trinajstić information content (AvgIpc) is 2.27. The van der Waals surface area contributed by atoms with Crippen LogP contribution < -0.4 is 0 Å². The van der Waals surface area contributed by atoms with Crippen molar-refractivity contribution in [1.29, 1.82) is 0 Å². The predicted molar refractivity (Wildman–Crippen MR) is 56.5 cm³/mol. The number of ether oxygens (including phenoxy) is 1. The Morgan fingerprint density at radius 3 is 2.33 bits per heavy atom. The number of methoxy groups -OCH3 is 1. The Morgan fingerprint density at radius 2 is 1.87 bits per heavy atom. The summed E-state index contributed by atoms with van der Waals surface area (Å²) in [5, 5.41) is 0. The number of hydrogen-bond acceptors (Lipinski definition) is 4. The molecule has 1 saturated heterocycles. The minimum atomic E-state index is -0.181. The Bertz CT molecular complexity index is 242. The summed E-state index contributed by atoms with van der Waals surface area (Å²) in [4.78, 5) is 24.6. The van der Waals surface area contributed by atoms with Crippen molar-refractivity contribution < 1.29 is 14.3 Å².